The maximum atomic E-state index is 13.3. The van der Waals surface area contributed by atoms with Crippen molar-refractivity contribution in [3.05, 3.63) is 53.7 Å². The first-order chi connectivity index (χ1) is 18.1. The Bertz CT molecular complexity index is 1340. The molecule has 0 aliphatic carbocycles. The van der Waals surface area contributed by atoms with Gasteiger partial charge in [0.2, 0.25) is 0 Å². The van der Waals surface area contributed by atoms with Gasteiger partial charge in [0, 0.05) is 31.0 Å². The largest absolute Gasteiger partial charge is 0.379 e. The highest BCUT2D eigenvalue weighted by Crippen LogP contribution is 2.28. The first-order valence-corrected chi connectivity index (χ1v) is 13.7. The summed E-state index contributed by atoms with van der Waals surface area (Å²) in [4.78, 5) is 26.4. The van der Waals surface area contributed by atoms with E-state index >= 15 is 0 Å². The minimum atomic E-state index is -0.128. The molecule has 9 nitrogen and oxygen atoms in total. The quantitative estimate of drug-likeness (QED) is 0.324. The molecule has 0 aromatic carbocycles. The fourth-order valence-corrected chi connectivity index (χ4v) is 5.36. The van der Waals surface area contributed by atoms with Crippen LogP contribution in [-0.2, 0) is 4.74 Å². The number of nitrogens with one attached hydrogen (secondary N) is 2. The van der Waals surface area contributed by atoms with E-state index in [1.54, 1.807) is 22.0 Å². The molecule has 1 aliphatic heterocycles. The van der Waals surface area contributed by atoms with Crippen molar-refractivity contribution >= 4 is 28.7 Å². The lowest BCUT2D eigenvalue weighted by Gasteiger charge is -2.26. The number of hydrogen-bond donors (Lipinski definition) is 2. The van der Waals surface area contributed by atoms with Gasteiger partial charge in [0.1, 0.15) is 5.82 Å². The third-order valence-electron chi connectivity index (χ3n) is 6.78. The van der Waals surface area contributed by atoms with E-state index in [-0.39, 0.29) is 18.0 Å². The minimum Gasteiger partial charge on any atom is -0.379 e. The van der Waals surface area contributed by atoms with Crippen LogP contribution in [0.15, 0.2) is 48.1 Å². The number of anilines is 1. The van der Waals surface area contributed by atoms with Crippen LogP contribution in [0.2, 0.25) is 0 Å². The molecular formula is C27H33N7O2S. The molecule has 37 heavy (non-hydrogen) atoms. The van der Waals surface area contributed by atoms with E-state index in [9.17, 15) is 4.79 Å². The van der Waals surface area contributed by atoms with Gasteiger partial charge < -0.3 is 15.4 Å². The number of rotatable bonds is 10. The molecule has 194 valence electrons. The van der Waals surface area contributed by atoms with Crippen LogP contribution in [0.1, 0.15) is 37.6 Å². The first-order valence-electron chi connectivity index (χ1n) is 12.8. The van der Waals surface area contributed by atoms with E-state index in [0.29, 0.717) is 35.9 Å². The Balaban J connectivity index is 1.48. The van der Waals surface area contributed by atoms with Gasteiger partial charge >= 0.3 is 0 Å². The second-order valence-electron chi connectivity index (χ2n) is 9.23. The summed E-state index contributed by atoms with van der Waals surface area (Å²) >= 11 is 1.64. The van der Waals surface area contributed by atoms with Crippen molar-refractivity contribution in [3.63, 3.8) is 0 Å². The molecule has 4 aromatic rings. The molecule has 0 unspecified atom stereocenters. The third kappa shape index (κ3) is 5.66. The van der Waals surface area contributed by atoms with Crippen molar-refractivity contribution in [1.82, 2.24) is 29.8 Å². The highest BCUT2D eigenvalue weighted by Gasteiger charge is 2.20. The Morgan fingerprint density at radius 3 is 2.84 bits per heavy atom. The zero-order valence-corrected chi connectivity index (χ0v) is 22.3. The summed E-state index contributed by atoms with van der Waals surface area (Å²) in [7, 11) is 0. The molecule has 1 fully saturated rings. The fourth-order valence-electron chi connectivity index (χ4n) is 4.66. The van der Waals surface area contributed by atoms with Crippen LogP contribution in [0, 0.1) is 0 Å². The summed E-state index contributed by atoms with van der Waals surface area (Å²) in [5, 5.41) is 13.1. The molecule has 5 rings (SSSR count). The smallest absolute Gasteiger partial charge is 0.251 e. The number of hydrogen-bond acceptors (Lipinski definition) is 8. The highest BCUT2D eigenvalue weighted by molar-refractivity contribution is 7.13. The maximum Gasteiger partial charge on any atom is 0.251 e. The van der Waals surface area contributed by atoms with E-state index in [1.165, 1.54) is 0 Å². The van der Waals surface area contributed by atoms with Crippen LogP contribution in [-0.4, -0.2) is 75.3 Å². The van der Waals surface area contributed by atoms with E-state index in [2.05, 4.69) is 41.4 Å². The number of amides is 1. The Kier molecular flexibility index (Phi) is 7.78. The molecule has 2 N–H and O–H groups in total. The monoisotopic (exact) mass is 519 g/mol. The lowest BCUT2D eigenvalue weighted by atomic mass is 10.1. The normalized spacial score (nSPS) is 16.4. The van der Waals surface area contributed by atoms with Gasteiger partial charge in [-0.25, -0.2) is 14.5 Å². The zero-order valence-electron chi connectivity index (χ0n) is 21.5. The van der Waals surface area contributed by atoms with Crippen LogP contribution in [0.5, 0.6) is 0 Å². The summed E-state index contributed by atoms with van der Waals surface area (Å²) in [5.74, 6) is 0.515. The number of likely N-dealkylation sites (N-methyl/N-ethyl adjacent to an activating group) is 1. The maximum absolute atomic E-state index is 13.3. The molecule has 1 aliphatic rings. The molecule has 5 heterocycles. The van der Waals surface area contributed by atoms with Gasteiger partial charge in [-0.3, -0.25) is 9.69 Å². The van der Waals surface area contributed by atoms with Gasteiger partial charge in [-0.05, 0) is 56.1 Å². The van der Waals surface area contributed by atoms with Gasteiger partial charge in [0.15, 0.2) is 5.65 Å². The van der Waals surface area contributed by atoms with Crippen LogP contribution >= 0.6 is 11.3 Å². The standard InChI is InChI=1S/C27H33N7O2S/c1-4-33(5-2)18(3)15-28-27(35)19-13-23(31-25(14-19)30-20-9-11-36-17-20)21-16-29-34-10-8-22(32-26(21)34)24-7-6-12-37-24/h6-8,10,12-14,16,18,20H,4-5,9,11,15,17H2,1-3H3,(H,28,35)(H,30,31)/t18-,20-/m0/s1. The highest BCUT2D eigenvalue weighted by atomic mass is 32.1. The predicted octanol–water partition coefficient (Wildman–Crippen LogP) is 4.18. The Hall–Kier alpha value is -3.34. The number of ether oxygens (including phenoxy) is 1. The van der Waals surface area contributed by atoms with Gasteiger partial charge in [-0.2, -0.15) is 5.10 Å². The number of pyridine rings is 1. The SMILES string of the molecule is CCN(CC)[C@@H](C)CNC(=O)c1cc(N[C@H]2CCOC2)nc(-c2cnn3ccc(-c4cccs4)nc23)c1. The molecule has 1 amide bonds. The van der Waals surface area contributed by atoms with Crippen molar-refractivity contribution in [2.45, 2.75) is 39.3 Å². The van der Waals surface area contributed by atoms with E-state index < -0.39 is 0 Å². The van der Waals surface area contributed by atoms with Crippen LogP contribution in [0.4, 0.5) is 5.82 Å². The van der Waals surface area contributed by atoms with E-state index in [4.69, 9.17) is 14.7 Å². The summed E-state index contributed by atoms with van der Waals surface area (Å²) < 4.78 is 7.27. The second kappa shape index (κ2) is 11.4. The lowest BCUT2D eigenvalue weighted by molar-refractivity contribution is 0.0938. The van der Waals surface area contributed by atoms with E-state index in [0.717, 1.165) is 42.3 Å². The fraction of sp³-hybridized carbons (Fsp3) is 0.407. The third-order valence-corrected chi connectivity index (χ3v) is 7.67. The molecule has 4 aromatic heterocycles. The Morgan fingerprint density at radius 2 is 2.11 bits per heavy atom. The summed E-state index contributed by atoms with van der Waals surface area (Å²) in [6.45, 7) is 10.2. The number of carbonyl (C=O) groups is 1. The van der Waals surface area contributed by atoms with Crippen molar-refractivity contribution in [1.29, 1.82) is 0 Å². The van der Waals surface area contributed by atoms with Crippen LogP contribution in [0.3, 0.4) is 0 Å². The summed E-state index contributed by atoms with van der Waals surface area (Å²) in [6, 6.07) is 10.1. The molecule has 1 saturated heterocycles. The predicted molar refractivity (Wildman–Crippen MR) is 147 cm³/mol. The Morgan fingerprint density at radius 1 is 1.24 bits per heavy atom. The topological polar surface area (TPSA) is 96.7 Å². The molecule has 0 spiro atoms. The minimum absolute atomic E-state index is 0.128. The molecule has 0 bridgehead atoms. The van der Waals surface area contributed by atoms with Crippen molar-refractivity contribution in [3.8, 4) is 21.8 Å². The van der Waals surface area contributed by atoms with Crippen molar-refractivity contribution in [2.75, 3.05) is 38.2 Å². The summed E-state index contributed by atoms with van der Waals surface area (Å²) in [6.07, 6.45) is 4.56. The molecule has 0 saturated carbocycles. The lowest BCUT2D eigenvalue weighted by Crippen LogP contribution is -2.42. The van der Waals surface area contributed by atoms with Crippen molar-refractivity contribution < 1.29 is 9.53 Å². The van der Waals surface area contributed by atoms with Crippen LogP contribution < -0.4 is 10.6 Å². The molecule has 2 atom stereocenters. The van der Waals surface area contributed by atoms with Crippen molar-refractivity contribution in [2.24, 2.45) is 0 Å². The molecule has 10 heteroatoms. The average molecular weight is 520 g/mol. The number of fused-ring (bicyclic) bond motifs is 1. The number of nitrogens with zero attached hydrogens (tertiary/aromatic N) is 5. The van der Waals surface area contributed by atoms with Gasteiger partial charge in [0.25, 0.3) is 5.91 Å². The first kappa shape index (κ1) is 25.3. The summed E-state index contributed by atoms with van der Waals surface area (Å²) in [5.41, 5.74) is 3.55. The van der Waals surface area contributed by atoms with Gasteiger partial charge in [0.05, 0.1) is 40.7 Å². The number of thiophene rings is 1. The average Bonchev–Trinajstić information content (AvgIpc) is 3.69. The zero-order chi connectivity index (χ0) is 25.8. The van der Waals surface area contributed by atoms with E-state index in [1.807, 2.05) is 41.9 Å². The number of carbonyl (C=O) groups excluding carboxylic acids is 1. The second-order valence-corrected chi connectivity index (χ2v) is 10.2. The number of aromatic nitrogens is 4. The molecule has 0 radical (unpaired) electrons. The van der Waals surface area contributed by atoms with Gasteiger partial charge in [-0.15, -0.1) is 11.3 Å². The molecular weight excluding hydrogens is 486 g/mol. The Labute approximate surface area is 220 Å². The van der Waals surface area contributed by atoms with Crippen LogP contribution in [0.25, 0.3) is 27.5 Å². The van der Waals surface area contributed by atoms with Gasteiger partial charge in [-0.1, -0.05) is 19.9 Å².